The lowest BCUT2D eigenvalue weighted by Crippen LogP contribution is -2.54. The number of methoxy groups -OCH3 is 1. The van der Waals surface area contributed by atoms with E-state index in [4.69, 9.17) is 21.4 Å². The average molecular weight is 315 g/mol. The van der Waals surface area contributed by atoms with Crippen LogP contribution in [0.15, 0.2) is 18.2 Å². The Morgan fingerprint density at radius 1 is 1.43 bits per heavy atom. The molecule has 3 N–H and O–H groups in total. The van der Waals surface area contributed by atoms with Crippen LogP contribution in [-0.4, -0.2) is 29.8 Å². The van der Waals surface area contributed by atoms with Crippen molar-refractivity contribution in [2.75, 3.05) is 7.11 Å². The first-order valence-corrected chi connectivity index (χ1v) is 6.82. The fourth-order valence-electron chi connectivity index (χ4n) is 1.65. The van der Waals surface area contributed by atoms with E-state index in [0.717, 1.165) is 0 Å². The van der Waals surface area contributed by atoms with E-state index in [2.05, 4.69) is 10.6 Å². The zero-order valence-corrected chi connectivity index (χ0v) is 13.0. The molecule has 0 aliphatic heterocycles. The van der Waals surface area contributed by atoms with Crippen LogP contribution < -0.4 is 15.4 Å². The summed E-state index contributed by atoms with van der Waals surface area (Å²) in [5.41, 5.74) is -0.601. The second-order valence-corrected chi connectivity index (χ2v) is 5.19. The number of nitrogens with one attached hydrogen (secondary N) is 2. The Labute approximate surface area is 128 Å². The number of amides is 2. The molecule has 0 saturated heterocycles. The molecule has 0 aliphatic rings. The number of ether oxygens (including phenoxy) is 1. The average Bonchev–Trinajstić information content (AvgIpc) is 2.44. The minimum atomic E-state index is -1.30. The van der Waals surface area contributed by atoms with Crippen LogP contribution in [0.5, 0.6) is 5.75 Å². The number of halogens is 1. The zero-order valence-electron chi connectivity index (χ0n) is 12.2. The third-order valence-corrected chi connectivity index (χ3v) is 3.49. The van der Waals surface area contributed by atoms with Gasteiger partial charge in [-0.25, -0.2) is 9.59 Å². The molecule has 0 bridgehead atoms. The first-order chi connectivity index (χ1) is 9.82. The molecule has 1 atom stereocenters. The van der Waals surface area contributed by atoms with Crippen LogP contribution >= 0.6 is 11.6 Å². The molecule has 1 rings (SSSR count). The first-order valence-electron chi connectivity index (χ1n) is 6.44. The van der Waals surface area contributed by atoms with Crippen molar-refractivity contribution in [3.8, 4) is 5.75 Å². The Balaban J connectivity index is 2.69. The molecule has 1 unspecified atom stereocenters. The largest absolute Gasteiger partial charge is 0.496 e. The number of carbonyl (C=O) groups is 2. The molecule has 2 amide bonds. The molecule has 21 heavy (non-hydrogen) atoms. The van der Waals surface area contributed by atoms with E-state index in [9.17, 15) is 9.59 Å². The molecule has 1 aromatic carbocycles. The van der Waals surface area contributed by atoms with Gasteiger partial charge in [-0.1, -0.05) is 18.5 Å². The topological polar surface area (TPSA) is 87.7 Å². The quantitative estimate of drug-likeness (QED) is 0.752. The molecule has 0 aliphatic carbocycles. The van der Waals surface area contributed by atoms with Gasteiger partial charge in [0.1, 0.15) is 11.3 Å². The number of carbonyl (C=O) groups excluding carboxylic acids is 1. The number of hydrogen-bond acceptors (Lipinski definition) is 3. The summed E-state index contributed by atoms with van der Waals surface area (Å²) in [6.07, 6.45) is 0.274. The highest BCUT2D eigenvalue weighted by atomic mass is 35.5. The number of urea groups is 1. The maximum Gasteiger partial charge on any atom is 0.329 e. The summed E-state index contributed by atoms with van der Waals surface area (Å²) < 4.78 is 5.17. The summed E-state index contributed by atoms with van der Waals surface area (Å²) in [5, 5.41) is 14.7. The number of carboxylic acids is 1. The standard InChI is InChI=1S/C14H19ClN2O4/c1-4-14(2,12(18)19)17-13(20)16-8-9-7-10(15)5-6-11(9)21-3/h5-7H,4,8H2,1-3H3,(H,18,19)(H2,16,17,20). The second-order valence-electron chi connectivity index (χ2n) is 4.75. The normalized spacial score (nSPS) is 13.1. The van der Waals surface area contributed by atoms with E-state index in [-0.39, 0.29) is 13.0 Å². The first kappa shape index (κ1) is 17.1. The minimum Gasteiger partial charge on any atom is -0.496 e. The predicted molar refractivity (Wildman–Crippen MR) is 79.7 cm³/mol. The smallest absolute Gasteiger partial charge is 0.329 e. The Morgan fingerprint density at radius 3 is 2.62 bits per heavy atom. The molecule has 0 radical (unpaired) electrons. The van der Waals surface area contributed by atoms with Gasteiger partial charge in [0, 0.05) is 17.1 Å². The zero-order chi connectivity index (χ0) is 16.0. The Morgan fingerprint density at radius 2 is 2.10 bits per heavy atom. The Kier molecular flexibility index (Phi) is 5.84. The van der Waals surface area contributed by atoms with Crippen LogP contribution in [0.25, 0.3) is 0 Å². The molecule has 0 fully saturated rings. The van der Waals surface area contributed by atoms with Crippen LogP contribution in [0.3, 0.4) is 0 Å². The highest BCUT2D eigenvalue weighted by molar-refractivity contribution is 6.30. The fourth-order valence-corrected chi connectivity index (χ4v) is 1.84. The monoisotopic (exact) mass is 314 g/mol. The van der Waals surface area contributed by atoms with Crippen molar-refractivity contribution < 1.29 is 19.4 Å². The molecule has 116 valence electrons. The molecule has 0 aromatic heterocycles. The lowest BCUT2D eigenvalue weighted by atomic mass is 10.00. The van der Waals surface area contributed by atoms with Gasteiger partial charge in [-0.2, -0.15) is 0 Å². The highest BCUT2D eigenvalue weighted by Crippen LogP contribution is 2.22. The predicted octanol–water partition coefficient (Wildman–Crippen LogP) is 2.40. The van der Waals surface area contributed by atoms with E-state index in [1.807, 2.05) is 0 Å². The molecule has 7 heteroatoms. The maximum absolute atomic E-state index is 11.8. The van der Waals surface area contributed by atoms with Crippen LogP contribution in [0, 0.1) is 0 Å². The summed E-state index contributed by atoms with van der Waals surface area (Å²) in [7, 11) is 1.52. The summed E-state index contributed by atoms with van der Waals surface area (Å²) in [6.45, 7) is 3.32. The van der Waals surface area contributed by atoms with Gasteiger partial charge in [0.15, 0.2) is 0 Å². The van der Waals surface area contributed by atoms with E-state index in [0.29, 0.717) is 16.3 Å². The van der Waals surface area contributed by atoms with Crippen LogP contribution in [0.2, 0.25) is 5.02 Å². The molecular weight excluding hydrogens is 296 g/mol. The summed E-state index contributed by atoms with van der Waals surface area (Å²) >= 11 is 5.90. The van der Waals surface area contributed by atoms with Crippen molar-refractivity contribution in [1.82, 2.24) is 10.6 Å². The van der Waals surface area contributed by atoms with E-state index in [1.54, 1.807) is 25.1 Å². The highest BCUT2D eigenvalue weighted by Gasteiger charge is 2.32. The number of rotatable bonds is 6. The lowest BCUT2D eigenvalue weighted by Gasteiger charge is -2.24. The van der Waals surface area contributed by atoms with Crippen molar-refractivity contribution in [2.24, 2.45) is 0 Å². The second kappa shape index (κ2) is 7.17. The molecule has 6 nitrogen and oxygen atoms in total. The third kappa shape index (κ3) is 4.53. The van der Waals surface area contributed by atoms with Gasteiger partial charge in [-0.15, -0.1) is 0 Å². The number of benzene rings is 1. The van der Waals surface area contributed by atoms with Crippen LogP contribution in [0.1, 0.15) is 25.8 Å². The van der Waals surface area contributed by atoms with Gasteiger partial charge in [-0.3, -0.25) is 0 Å². The van der Waals surface area contributed by atoms with Gasteiger partial charge >= 0.3 is 12.0 Å². The van der Waals surface area contributed by atoms with Gasteiger partial charge in [-0.05, 0) is 31.5 Å². The summed E-state index contributed by atoms with van der Waals surface area (Å²) in [5.74, 6) is -0.489. The van der Waals surface area contributed by atoms with Crippen LogP contribution in [-0.2, 0) is 11.3 Å². The number of hydrogen-bond donors (Lipinski definition) is 3. The van der Waals surface area contributed by atoms with Gasteiger partial charge < -0.3 is 20.5 Å². The molecule has 0 saturated carbocycles. The lowest BCUT2D eigenvalue weighted by molar-refractivity contribution is -0.143. The molecular formula is C14H19ClN2O4. The van der Waals surface area contributed by atoms with Gasteiger partial charge in [0.2, 0.25) is 0 Å². The van der Waals surface area contributed by atoms with Crippen LogP contribution in [0.4, 0.5) is 4.79 Å². The van der Waals surface area contributed by atoms with Gasteiger partial charge in [0.25, 0.3) is 0 Å². The van der Waals surface area contributed by atoms with Crippen molar-refractivity contribution in [3.05, 3.63) is 28.8 Å². The Bertz CT molecular complexity index is 536. The molecule has 0 heterocycles. The maximum atomic E-state index is 11.8. The molecule has 1 aromatic rings. The van der Waals surface area contributed by atoms with E-state index in [1.165, 1.54) is 14.0 Å². The van der Waals surface area contributed by atoms with Crippen molar-refractivity contribution >= 4 is 23.6 Å². The SMILES string of the molecule is CCC(C)(NC(=O)NCc1cc(Cl)ccc1OC)C(=O)O. The Hall–Kier alpha value is -1.95. The van der Waals surface area contributed by atoms with Crippen molar-refractivity contribution in [2.45, 2.75) is 32.4 Å². The number of carboxylic acid groups (broad SMARTS) is 1. The molecule has 0 spiro atoms. The fraction of sp³-hybridized carbons (Fsp3) is 0.429. The van der Waals surface area contributed by atoms with Gasteiger partial charge in [0.05, 0.1) is 7.11 Å². The third-order valence-electron chi connectivity index (χ3n) is 3.25. The van der Waals surface area contributed by atoms with Crippen molar-refractivity contribution in [3.63, 3.8) is 0 Å². The summed E-state index contributed by atoms with van der Waals surface area (Å²) in [4.78, 5) is 22.9. The summed E-state index contributed by atoms with van der Waals surface area (Å²) in [6, 6.07) is 4.49. The van der Waals surface area contributed by atoms with E-state index >= 15 is 0 Å². The number of aliphatic carboxylic acids is 1. The van der Waals surface area contributed by atoms with Crippen molar-refractivity contribution in [1.29, 1.82) is 0 Å². The minimum absolute atomic E-state index is 0.176. The van der Waals surface area contributed by atoms with E-state index < -0.39 is 17.5 Å².